The third-order valence-electron chi connectivity index (χ3n) is 6.31. The van der Waals surface area contributed by atoms with Gasteiger partial charge in [0.15, 0.2) is 0 Å². The maximum atomic E-state index is 13.0. The highest BCUT2D eigenvalue weighted by atomic mass is 35.5. The maximum Gasteiger partial charge on any atom is 0.251 e. The van der Waals surface area contributed by atoms with Crippen LogP contribution in [0.3, 0.4) is 0 Å². The summed E-state index contributed by atoms with van der Waals surface area (Å²) in [4.78, 5) is 39.8. The van der Waals surface area contributed by atoms with Crippen LogP contribution in [0.5, 0.6) is 0 Å². The molecule has 2 heterocycles. The van der Waals surface area contributed by atoms with E-state index in [1.54, 1.807) is 17.0 Å². The number of carbonyl (C=O) groups is 3. The van der Waals surface area contributed by atoms with E-state index in [4.69, 9.17) is 23.2 Å². The van der Waals surface area contributed by atoms with Gasteiger partial charge in [-0.15, -0.1) is 0 Å². The Morgan fingerprint density at radius 3 is 2.62 bits per heavy atom. The minimum atomic E-state index is -0.510. The zero-order chi connectivity index (χ0) is 20.5. The van der Waals surface area contributed by atoms with Crippen LogP contribution in [0.4, 0.5) is 0 Å². The van der Waals surface area contributed by atoms with Gasteiger partial charge in [-0.3, -0.25) is 14.4 Å². The fraction of sp³-hybridized carbons (Fsp3) is 0.571. The van der Waals surface area contributed by atoms with Gasteiger partial charge >= 0.3 is 0 Å². The molecule has 0 spiro atoms. The summed E-state index contributed by atoms with van der Waals surface area (Å²) >= 11 is 11.9. The average molecular weight is 438 g/mol. The molecule has 0 bridgehead atoms. The Morgan fingerprint density at radius 2 is 1.90 bits per heavy atom. The van der Waals surface area contributed by atoms with Crippen LogP contribution in [0.2, 0.25) is 10.0 Å². The number of benzene rings is 1. The van der Waals surface area contributed by atoms with Crippen molar-refractivity contribution in [2.75, 3.05) is 6.54 Å². The second kappa shape index (κ2) is 8.52. The van der Waals surface area contributed by atoms with Crippen LogP contribution in [-0.4, -0.2) is 47.3 Å². The Hall–Kier alpha value is -1.79. The largest absolute Gasteiger partial charge is 0.347 e. The highest BCUT2D eigenvalue weighted by Gasteiger charge is 2.47. The summed E-state index contributed by atoms with van der Waals surface area (Å²) in [6.45, 7) is 0.352. The first-order valence-electron chi connectivity index (χ1n) is 10.3. The number of halogens is 2. The highest BCUT2D eigenvalue weighted by molar-refractivity contribution is 6.42. The maximum absolute atomic E-state index is 13.0. The number of hydrogen-bond acceptors (Lipinski definition) is 3. The van der Waals surface area contributed by atoms with E-state index in [1.807, 2.05) is 0 Å². The molecule has 4 rings (SSSR count). The van der Waals surface area contributed by atoms with E-state index < -0.39 is 12.1 Å². The molecule has 1 aliphatic carbocycles. The van der Waals surface area contributed by atoms with Crippen molar-refractivity contribution in [2.45, 2.75) is 63.1 Å². The second-order valence-electron chi connectivity index (χ2n) is 8.34. The predicted molar refractivity (Wildman–Crippen MR) is 111 cm³/mol. The summed E-state index contributed by atoms with van der Waals surface area (Å²) < 4.78 is 0. The Kier molecular flexibility index (Phi) is 6.02. The van der Waals surface area contributed by atoms with Crippen molar-refractivity contribution in [3.63, 3.8) is 0 Å². The number of rotatable bonds is 4. The molecule has 0 unspecified atom stereocenters. The van der Waals surface area contributed by atoms with Gasteiger partial charge in [0.1, 0.15) is 12.1 Å². The lowest BCUT2D eigenvalue weighted by Gasteiger charge is -2.36. The Labute approximate surface area is 180 Å². The van der Waals surface area contributed by atoms with E-state index in [0.29, 0.717) is 40.9 Å². The SMILES string of the molecule is O=C(N[C@H]1C[C@H]2C(=O)N[C@@H](CC3CCCCC3)C(=O)N2C1)c1ccc(Cl)c(Cl)c1. The normalized spacial score (nSPS) is 27.5. The fourth-order valence-corrected chi connectivity index (χ4v) is 5.08. The van der Waals surface area contributed by atoms with E-state index in [1.165, 1.54) is 25.3 Å². The van der Waals surface area contributed by atoms with Crippen molar-refractivity contribution in [3.8, 4) is 0 Å². The summed E-state index contributed by atoms with van der Waals surface area (Å²) in [6.07, 6.45) is 7.06. The molecule has 1 aromatic carbocycles. The van der Waals surface area contributed by atoms with E-state index >= 15 is 0 Å². The van der Waals surface area contributed by atoms with Crippen LogP contribution in [0.25, 0.3) is 0 Å². The lowest BCUT2D eigenvalue weighted by molar-refractivity contribution is -0.147. The number of carbonyl (C=O) groups excluding carboxylic acids is 3. The van der Waals surface area contributed by atoms with Crippen molar-refractivity contribution in [1.82, 2.24) is 15.5 Å². The van der Waals surface area contributed by atoms with Crippen LogP contribution >= 0.6 is 23.2 Å². The molecule has 3 fully saturated rings. The molecule has 1 saturated carbocycles. The molecule has 2 aliphatic heterocycles. The molecule has 156 valence electrons. The molecular formula is C21H25Cl2N3O3. The zero-order valence-corrected chi connectivity index (χ0v) is 17.6. The first-order valence-corrected chi connectivity index (χ1v) is 11.0. The van der Waals surface area contributed by atoms with Gasteiger partial charge < -0.3 is 15.5 Å². The van der Waals surface area contributed by atoms with Gasteiger partial charge in [-0.1, -0.05) is 55.3 Å². The van der Waals surface area contributed by atoms with Crippen molar-refractivity contribution >= 4 is 40.9 Å². The van der Waals surface area contributed by atoms with Crippen LogP contribution in [0, 0.1) is 5.92 Å². The summed E-state index contributed by atoms with van der Waals surface area (Å²) in [5.41, 5.74) is 0.398. The molecule has 8 heteroatoms. The summed E-state index contributed by atoms with van der Waals surface area (Å²) in [5.74, 6) is 0.0745. The molecule has 0 aromatic heterocycles. The lowest BCUT2D eigenvalue weighted by Crippen LogP contribution is -2.61. The summed E-state index contributed by atoms with van der Waals surface area (Å²) in [5, 5.41) is 6.54. The third kappa shape index (κ3) is 4.38. The Morgan fingerprint density at radius 1 is 1.14 bits per heavy atom. The molecule has 3 aliphatic rings. The molecule has 3 atom stereocenters. The Balaban J connectivity index is 1.39. The van der Waals surface area contributed by atoms with E-state index in [-0.39, 0.29) is 23.8 Å². The monoisotopic (exact) mass is 437 g/mol. The van der Waals surface area contributed by atoms with E-state index in [2.05, 4.69) is 10.6 Å². The lowest BCUT2D eigenvalue weighted by atomic mass is 9.84. The average Bonchev–Trinajstić information content (AvgIpc) is 3.13. The molecule has 1 aromatic rings. The molecule has 0 radical (unpaired) electrons. The summed E-state index contributed by atoms with van der Waals surface area (Å²) in [7, 11) is 0. The number of piperazine rings is 1. The van der Waals surface area contributed by atoms with Gasteiger partial charge in [0, 0.05) is 18.2 Å². The minimum Gasteiger partial charge on any atom is -0.347 e. The van der Waals surface area contributed by atoms with Crippen molar-refractivity contribution in [2.24, 2.45) is 5.92 Å². The molecule has 6 nitrogen and oxygen atoms in total. The quantitative estimate of drug-likeness (QED) is 0.758. The van der Waals surface area contributed by atoms with E-state index in [9.17, 15) is 14.4 Å². The van der Waals surface area contributed by atoms with Crippen molar-refractivity contribution in [3.05, 3.63) is 33.8 Å². The van der Waals surface area contributed by atoms with Crippen molar-refractivity contribution in [1.29, 1.82) is 0 Å². The number of hydrogen-bond donors (Lipinski definition) is 2. The van der Waals surface area contributed by atoms with Gasteiger partial charge in [-0.2, -0.15) is 0 Å². The van der Waals surface area contributed by atoms with Crippen molar-refractivity contribution < 1.29 is 14.4 Å². The fourth-order valence-electron chi connectivity index (χ4n) is 4.78. The molecular weight excluding hydrogens is 413 g/mol. The topological polar surface area (TPSA) is 78.5 Å². The number of fused-ring (bicyclic) bond motifs is 1. The minimum absolute atomic E-state index is 0.0218. The summed E-state index contributed by atoms with van der Waals surface area (Å²) in [6, 6.07) is 3.47. The van der Waals surface area contributed by atoms with Gasteiger partial charge in [0.05, 0.1) is 10.0 Å². The number of amides is 3. The predicted octanol–water partition coefficient (Wildman–Crippen LogP) is 3.16. The van der Waals surface area contributed by atoms with Gasteiger partial charge in [0.25, 0.3) is 5.91 Å². The van der Waals surface area contributed by atoms with Crippen LogP contribution in [-0.2, 0) is 9.59 Å². The van der Waals surface area contributed by atoms with Gasteiger partial charge in [-0.25, -0.2) is 0 Å². The molecule has 29 heavy (non-hydrogen) atoms. The number of nitrogens with one attached hydrogen (secondary N) is 2. The van der Waals surface area contributed by atoms with Crippen LogP contribution < -0.4 is 10.6 Å². The Bertz CT molecular complexity index is 825. The number of nitrogens with zero attached hydrogens (tertiary/aromatic N) is 1. The first-order chi connectivity index (χ1) is 13.9. The van der Waals surface area contributed by atoms with Crippen LogP contribution in [0.1, 0.15) is 55.3 Å². The van der Waals surface area contributed by atoms with E-state index in [0.717, 1.165) is 12.8 Å². The van der Waals surface area contributed by atoms with Gasteiger partial charge in [0.2, 0.25) is 11.8 Å². The highest BCUT2D eigenvalue weighted by Crippen LogP contribution is 2.31. The first kappa shape index (κ1) is 20.5. The third-order valence-corrected chi connectivity index (χ3v) is 7.05. The molecule has 2 saturated heterocycles. The van der Waals surface area contributed by atoms with Crippen LogP contribution in [0.15, 0.2) is 18.2 Å². The molecule has 3 amide bonds. The standard InChI is InChI=1S/C21H25Cl2N3O3/c22-15-7-6-13(9-16(15)23)19(27)24-14-10-18-20(28)25-17(21(29)26(18)11-14)8-12-4-2-1-3-5-12/h6-7,9,12,14,17-18H,1-5,8,10-11H2,(H,24,27)(H,25,28)/t14-,17-,18-/m0/s1. The van der Waals surface area contributed by atoms with Gasteiger partial charge in [-0.05, 0) is 37.0 Å². The zero-order valence-electron chi connectivity index (χ0n) is 16.1. The smallest absolute Gasteiger partial charge is 0.251 e. The second-order valence-corrected chi connectivity index (χ2v) is 9.16. The molecule has 2 N–H and O–H groups in total.